The molecule has 1 aliphatic heterocycles. The van der Waals surface area contributed by atoms with Crippen molar-refractivity contribution in [2.75, 3.05) is 44.7 Å². The van der Waals surface area contributed by atoms with Gasteiger partial charge in [0.1, 0.15) is 11.4 Å². The van der Waals surface area contributed by atoms with Crippen LogP contribution in [0.4, 0.5) is 5.69 Å². The third-order valence-corrected chi connectivity index (χ3v) is 6.94. The van der Waals surface area contributed by atoms with Crippen LogP contribution in [-0.2, 0) is 5.60 Å². The van der Waals surface area contributed by atoms with Gasteiger partial charge in [-0.3, -0.25) is 4.90 Å². The lowest BCUT2D eigenvalue weighted by atomic mass is 9.86. The van der Waals surface area contributed by atoms with Crippen LogP contribution in [0.5, 0.6) is 5.75 Å². The van der Waals surface area contributed by atoms with Gasteiger partial charge < -0.3 is 14.7 Å². The average molecular weight is 415 g/mol. The normalized spacial score (nSPS) is 15.7. The summed E-state index contributed by atoms with van der Waals surface area (Å²) in [6.07, 6.45) is 0.708. The molecule has 1 saturated heterocycles. The Bertz CT molecular complexity index is 822. The number of hydrogen-bond donors (Lipinski definition) is 1. The van der Waals surface area contributed by atoms with Crippen molar-refractivity contribution < 1.29 is 9.84 Å². The number of thiophene rings is 2. The van der Waals surface area contributed by atoms with E-state index in [-0.39, 0.29) is 0 Å². The van der Waals surface area contributed by atoms with E-state index in [0.717, 1.165) is 49.6 Å². The topological polar surface area (TPSA) is 35.9 Å². The standard InChI is InChI=1S/C22H26N2O2S2/c1-26-21-4-2-3-20(15-21)24-11-9-23(10-12-24)8-7-22(25,18-5-13-27-16-18)19-6-14-28-17-19/h2-6,13-17,25H,7-12H2,1H3. The zero-order valence-corrected chi connectivity index (χ0v) is 17.7. The number of anilines is 1. The van der Waals surface area contributed by atoms with Crippen molar-refractivity contribution in [2.45, 2.75) is 12.0 Å². The zero-order chi connectivity index (χ0) is 19.4. The quantitative estimate of drug-likeness (QED) is 0.626. The Morgan fingerprint density at radius 2 is 1.68 bits per heavy atom. The third-order valence-electron chi connectivity index (χ3n) is 5.58. The Kier molecular flexibility index (Phi) is 6.01. The molecule has 3 heterocycles. The third kappa shape index (κ3) is 4.10. The molecule has 1 aromatic carbocycles. The number of piperazine rings is 1. The lowest BCUT2D eigenvalue weighted by Gasteiger charge is -2.38. The lowest BCUT2D eigenvalue weighted by Crippen LogP contribution is -2.47. The molecule has 0 unspecified atom stereocenters. The van der Waals surface area contributed by atoms with Gasteiger partial charge in [0.2, 0.25) is 0 Å². The molecular formula is C22H26N2O2S2. The molecule has 0 amide bonds. The van der Waals surface area contributed by atoms with E-state index < -0.39 is 5.60 Å². The Labute approximate surface area is 174 Å². The summed E-state index contributed by atoms with van der Waals surface area (Å²) in [7, 11) is 1.71. The molecule has 2 aromatic heterocycles. The van der Waals surface area contributed by atoms with Gasteiger partial charge in [-0.1, -0.05) is 6.07 Å². The molecule has 6 heteroatoms. The maximum atomic E-state index is 11.5. The molecule has 0 radical (unpaired) electrons. The number of aliphatic hydroxyl groups is 1. The Balaban J connectivity index is 1.38. The van der Waals surface area contributed by atoms with Crippen molar-refractivity contribution in [3.8, 4) is 5.75 Å². The molecule has 4 rings (SSSR count). The van der Waals surface area contributed by atoms with Gasteiger partial charge in [0.25, 0.3) is 0 Å². The molecule has 0 aliphatic carbocycles. The smallest absolute Gasteiger partial charge is 0.120 e. The Morgan fingerprint density at radius 3 is 2.25 bits per heavy atom. The number of benzene rings is 1. The highest BCUT2D eigenvalue weighted by atomic mass is 32.1. The second-order valence-corrected chi connectivity index (χ2v) is 8.72. The van der Waals surface area contributed by atoms with Gasteiger partial charge in [-0.15, -0.1) is 0 Å². The molecule has 3 aromatic rings. The number of ether oxygens (including phenoxy) is 1. The number of methoxy groups -OCH3 is 1. The fourth-order valence-electron chi connectivity index (χ4n) is 3.81. The van der Waals surface area contributed by atoms with Gasteiger partial charge in [-0.2, -0.15) is 22.7 Å². The second-order valence-electron chi connectivity index (χ2n) is 7.16. The first kappa shape index (κ1) is 19.5. The van der Waals surface area contributed by atoms with Crippen molar-refractivity contribution in [2.24, 2.45) is 0 Å². The predicted molar refractivity (Wildman–Crippen MR) is 118 cm³/mol. The van der Waals surface area contributed by atoms with Crippen molar-refractivity contribution >= 4 is 28.4 Å². The first-order valence-electron chi connectivity index (χ1n) is 9.58. The van der Waals surface area contributed by atoms with Gasteiger partial charge in [-0.25, -0.2) is 0 Å². The minimum absolute atomic E-state index is 0.708. The van der Waals surface area contributed by atoms with Crippen molar-refractivity contribution in [1.29, 1.82) is 0 Å². The highest BCUT2D eigenvalue weighted by molar-refractivity contribution is 7.08. The van der Waals surface area contributed by atoms with Crippen LogP contribution >= 0.6 is 22.7 Å². The fourth-order valence-corrected chi connectivity index (χ4v) is 5.26. The molecular weight excluding hydrogens is 388 g/mol. The molecule has 4 nitrogen and oxygen atoms in total. The van der Waals surface area contributed by atoms with E-state index in [2.05, 4.69) is 32.7 Å². The molecule has 1 N–H and O–H groups in total. The highest BCUT2D eigenvalue weighted by Crippen LogP contribution is 2.36. The van der Waals surface area contributed by atoms with Gasteiger partial charge in [-0.05, 0) is 63.3 Å². The molecule has 1 fully saturated rings. The highest BCUT2D eigenvalue weighted by Gasteiger charge is 2.33. The summed E-state index contributed by atoms with van der Waals surface area (Å²) < 4.78 is 5.35. The summed E-state index contributed by atoms with van der Waals surface area (Å²) in [4.78, 5) is 4.86. The molecule has 148 valence electrons. The van der Waals surface area contributed by atoms with Crippen LogP contribution in [0.15, 0.2) is 57.9 Å². The van der Waals surface area contributed by atoms with Crippen LogP contribution in [0.3, 0.4) is 0 Å². The van der Waals surface area contributed by atoms with Crippen LogP contribution in [0.2, 0.25) is 0 Å². The van der Waals surface area contributed by atoms with Crippen LogP contribution < -0.4 is 9.64 Å². The number of nitrogens with zero attached hydrogens (tertiary/aromatic N) is 2. The van der Waals surface area contributed by atoms with E-state index in [0.29, 0.717) is 6.42 Å². The minimum atomic E-state index is -0.899. The van der Waals surface area contributed by atoms with Gasteiger partial charge in [0.15, 0.2) is 0 Å². The van der Waals surface area contributed by atoms with Gasteiger partial charge >= 0.3 is 0 Å². The number of rotatable bonds is 7. The van der Waals surface area contributed by atoms with E-state index in [1.165, 1.54) is 5.69 Å². The van der Waals surface area contributed by atoms with Crippen LogP contribution in [0.25, 0.3) is 0 Å². The SMILES string of the molecule is COc1cccc(N2CCN(CCC(O)(c3ccsc3)c3ccsc3)CC2)c1. The molecule has 0 bridgehead atoms. The monoisotopic (exact) mass is 414 g/mol. The number of hydrogen-bond acceptors (Lipinski definition) is 6. The molecule has 0 spiro atoms. The maximum Gasteiger partial charge on any atom is 0.120 e. The van der Waals surface area contributed by atoms with Crippen molar-refractivity contribution in [3.63, 3.8) is 0 Å². The second kappa shape index (κ2) is 8.66. The minimum Gasteiger partial charge on any atom is -0.497 e. The summed E-state index contributed by atoms with van der Waals surface area (Å²) in [5, 5.41) is 19.7. The first-order valence-corrected chi connectivity index (χ1v) is 11.5. The largest absolute Gasteiger partial charge is 0.497 e. The summed E-state index contributed by atoms with van der Waals surface area (Å²) in [6, 6.07) is 12.4. The van der Waals surface area contributed by atoms with E-state index in [1.807, 2.05) is 35.0 Å². The van der Waals surface area contributed by atoms with Gasteiger partial charge in [0.05, 0.1) is 7.11 Å². The van der Waals surface area contributed by atoms with E-state index in [9.17, 15) is 5.11 Å². The summed E-state index contributed by atoms with van der Waals surface area (Å²) in [6.45, 7) is 4.86. The van der Waals surface area contributed by atoms with Crippen molar-refractivity contribution in [3.05, 3.63) is 69.0 Å². The van der Waals surface area contributed by atoms with E-state index in [1.54, 1.807) is 29.8 Å². The fraction of sp³-hybridized carbons (Fsp3) is 0.364. The van der Waals surface area contributed by atoms with Crippen LogP contribution in [0.1, 0.15) is 17.5 Å². The Morgan fingerprint density at radius 1 is 1.00 bits per heavy atom. The average Bonchev–Trinajstić information content (AvgIpc) is 3.47. The van der Waals surface area contributed by atoms with E-state index >= 15 is 0 Å². The zero-order valence-electron chi connectivity index (χ0n) is 16.1. The summed E-state index contributed by atoms with van der Waals surface area (Å²) >= 11 is 3.28. The van der Waals surface area contributed by atoms with Crippen LogP contribution in [-0.4, -0.2) is 49.8 Å². The predicted octanol–water partition coefficient (Wildman–Crippen LogP) is 4.27. The summed E-state index contributed by atoms with van der Waals surface area (Å²) in [5.41, 5.74) is 2.33. The molecule has 28 heavy (non-hydrogen) atoms. The molecule has 0 saturated carbocycles. The maximum absolute atomic E-state index is 11.5. The van der Waals surface area contributed by atoms with Crippen LogP contribution in [0, 0.1) is 0 Å². The molecule has 1 aliphatic rings. The van der Waals surface area contributed by atoms with Gasteiger partial charge in [0, 0.05) is 44.5 Å². The molecule has 0 atom stereocenters. The van der Waals surface area contributed by atoms with Crippen molar-refractivity contribution in [1.82, 2.24) is 4.90 Å². The first-order chi connectivity index (χ1) is 13.7. The lowest BCUT2D eigenvalue weighted by molar-refractivity contribution is 0.0573. The van der Waals surface area contributed by atoms with E-state index in [4.69, 9.17) is 4.74 Å². The Hall–Kier alpha value is -1.86. The summed E-state index contributed by atoms with van der Waals surface area (Å²) in [5.74, 6) is 0.900.